The molecule has 11 nitrogen and oxygen atoms in total. The number of hydrogen-bond donors (Lipinski definition) is 5. The van der Waals surface area contributed by atoms with Gasteiger partial charge in [0.15, 0.2) is 0 Å². The van der Waals surface area contributed by atoms with Crippen LogP contribution in [0.3, 0.4) is 0 Å². The van der Waals surface area contributed by atoms with Gasteiger partial charge in [0.25, 0.3) is 0 Å². The third-order valence-electron chi connectivity index (χ3n) is 7.07. The summed E-state index contributed by atoms with van der Waals surface area (Å²) in [5, 5.41) is 26.4. The van der Waals surface area contributed by atoms with Crippen LogP contribution >= 0.6 is 0 Å². The zero-order chi connectivity index (χ0) is 32.3. The number of carbonyl (C=O) groups is 3. The minimum atomic E-state index is -0.958. The number of ether oxygens (including phenoxy) is 1. The Kier molecular flexibility index (Phi) is 15.5. The van der Waals surface area contributed by atoms with Crippen molar-refractivity contribution in [3.8, 4) is 5.75 Å². The molecule has 242 valence electrons. The highest BCUT2D eigenvalue weighted by molar-refractivity contribution is 5.92. The maximum atomic E-state index is 13.8. The lowest BCUT2D eigenvalue weighted by Crippen LogP contribution is -2.55. The van der Waals surface area contributed by atoms with Crippen molar-refractivity contribution in [1.82, 2.24) is 16.0 Å². The molecule has 0 saturated heterocycles. The Bertz CT molecular complexity index is 1320. The van der Waals surface area contributed by atoms with E-state index in [1.165, 1.54) is 0 Å². The fourth-order valence-electron chi connectivity index (χ4n) is 4.78. The zero-order valence-corrected chi connectivity index (χ0v) is 25.6. The van der Waals surface area contributed by atoms with E-state index in [2.05, 4.69) is 32.6 Å². The molecule has 0 saturated carbocycles. The van der Waals surface area contributed by atoms with Gasteiger partial charge in [-0.1, -0.05) is 86.5 Å². The molecule has 11 heteroatoms. The van der Waals surface area contributed by atoms with Crippen LogP contribution in [-0.4, -0.2) is 60.1 Å². The van der Waals surface area contributed by atoms with Crippen LogP contribution in [0, 0.1) is 0 Å². The summed E-state index contributed by atoms with van der Waals surface area (Å²) in [5.74, 6) is -0.752. The van der Waals surface area contributed by atoms with Gasteiger partial charge in [0.1, 0.15) is 37.7 Å². The van der Waals surface area contributed by atoms with Gasteiger partial charge in [-0.25, -0.2) is 9.78 Å². The largest absolute Gasteiger partial charge is 0.491 e. The van der Waals surface area contributed by atoms with Crippen LogP contribution in [0.15, 0.2) is 78.9 Å². The van der Waals surface area contributed by atoms with Crippen LogP contribution < -0.4 is 20.7 Å². The molecule has 0 aliphatic heterocycles. The van der Waals surface area contributed by atoms with Crippen LogP contribution in [0.5, 0.6) is 5.75 Å². The monoisotopic (exact) mass is 621 g/mol. The molecule has 0 bridgehead atoms. The first-order valence-corrected chi connectivity index (χ1v) is 15.2. The van der Waals surface area contributed by atoms with Crippen LogP contribution in [0.1, 0.15) is 48.4 Å². The Morgan fingerprint density at radius 3 is 2.07 bits per heavy atom. The predicted octanol–water partition coefficient (Wildman–Crippen LogP) is 3.85. The summed E-state index contributed by atoms with van der Waals surface area (Å²) in [6, 6.07) is 21.8. The van der Waals surface area contributed by atoms with E-state index in [0.717, 1.165) is 30.4 Å². The van der Waals surface area contributed by atoms with E-state index in [0.29, 0.717) is 23.4 Å². The Morgan fingerprint density at radius 2 is 1.40 bits per heavy atom. The van der Waals surface area contributed by atoms with E-state index in [4.69, 9.17) is 15.3 Å². The van der Waals surface area contributed by atoms with Crippen molar-refractivity contribution in [2.45, 2.75) is 64.1 Å². The molecular weight excluding hydrogens is 578 g/mol. The maximum Gasteiger partial charge on any atom is 0.243 e. The zero-order valence-electron chi connectivity index (χ0n) is 25.6. The number of carbonyl (C=O) groups excluding carboxylic acids is 3. The molecule has 0 spiro atoms. The van der Waals surface area contributed by atoms with E-state index >= 15 is 0 Å². The van der Waals surface area contributed by atoms with Gasteiger partial charge in [0.05, 0.1) is 6.42 Å². The first kappa shape index (κ1) is 35.2. The highest BCUT2D eigenvalue weighted by Gasteiger charge is 2.27. The normalized spacial score (nSPS) is 12.2. The molecule has 3 rings (SSSR count). The molecule has 0 radical (unpaired) electrons. The highest BCUT2D eigenvalue weighted by Crippen LogP contribution is 2.22. The molecular formula is C34H43N3O8. The van der Waals surface area contributed by atoms with Crippen molar-refractivity contribution in [2.75, 3.05) is 19.8 Å². The second-order valence-electron chi connectivity index (χ2n) is 10.6. The SMILES string of the molecule is CCCCCNC(=O)C(Cc1ccc(OCCOO)c(COO)c1)NC(=O)C(Cc1ccccc1)NC(=O)Cc1ccccc1. The third-order valence-corrected chi connectivity index (χ3v) is 7.07. The van der Waals surface area contributed by atoms with Gasteiger partial charge < -0.3 is 20.7 Å². The van der Waals surface area contributed by atoms with Crippen LogP contribution in [0.4, 0.5) is 0 Å². The second-order valence-corrected chi connectivity index (χ2v) is 10.6. The summed E-state index contributed by atoms with van der Waals surface area (Å²) in [7, 11) is 0. The minimum Gasteiger partial charge on any atom is -0.491 e. The van der Waals surface area contributed by atoms with Crippen molar-refractivity contribution >= 4 is 17.7 Å². The van der Waals surface area contributed by atoms with Crippen LogP contribution in [0.25, 0.3) is 0 Å². The van der Waals surface area contributed by atoms with E-state index in [1.807, 2.05) is 60.7 Å². The van der Waals surface area contributed by atoms with Gasteiger partial charge in [-0.15, -0.1) is 0 Å². The Morgan fingerprint density at radius 1 is 0.733 bits per heavy atom. The van der Waals surface area contributed by atoms with Gasteiger partial charge >= 0.3 is 0 Å². The molecule has 2 unspecified atom stereocenters. The average molecular weight is 622 g/mol. The summed E-state index contributed by atoms with van der Waals surface area (Å²) in [6.45, 7) is 2.35. The molecule has 3 amide bonds. The van der Waals surface area contributed by atoms with Gasteiger partial charge in [-0.3, -0.25) is 24.9 Å². The van der Waals surface area contributed by atoms with Crippen molar-refractivity contribution in [1.29, 1.82) is 0 Å². The second kappa shape index (κ2) is 19.9. The molecule has 0 heterocycles. The first-order chi connectivity index (χ1) is 21.9. The van der Waals surface area contributed by atoms with Crippen molar-refractivity contribution in [3.05, 3.63) is 101 Å². The Hall–Kier alpha value is -4.29. The molecule has 0 aliphatic rings. The number of benzene rings is 3. The summed E-state index contributed by atoms with van der Waals surface area (Å²) in [4.78, 5) is 48.6. The number of hydrogen-bond acceptors (Lipinski definition) is 8. The summed E-state index contributed by atoms with van der Waals surface area (Å²) < 4.78 is 5.58. The Balaban J connectivity index is 1.82. The number of rotatable bonds is 20. The van der Waals surface area contributed by atoms with Crippen LogP contribution in [0.2, 0.25) is 0 Å². The molecule has 0 aliphatic carbocycles. The van der Waals surface area contributed by atoms with Gasteiger partial charge in [0, 0.05) is 24.9 Å². The van der Waals surface area contributed by atoms with Gasteiger partial charge in [-0.2, -0.15) is 0 Å². The van der Waals surface area contributed by atoms with Crippen molar-refractivity contribution in [3.63, 3.8) is 0 Å². The number of unbranched alkanes of at least 4 members (excludes halogenated alkanes) is 2. The molecule has 5 N–H and O–H groups in total. The fraction of sp³-hybridized carbons (Fsp3) is 0.382. The van der Waals surface area contributed by atoms with Gasteiger partial charge in [-0.05, 0) is 35.2 Å². The fourth-order valence-corrected chi connectivity index (χ4v) is 4.78. The molecule has 0 fully saturated rings. The summed E-state index contributed by atoms with van der Waals surface area (Å²) in [6.07, 6.45) is 3.22. The summed E-state index contributed by atoms with van der Waals surface area (Å²) in [5.41, 5.74) is 2.84. The molecule has 45 heavy (non-hydrogen) atoms. The molecule has 3 aromatic carbocycles. The molecule has 0 aromatic heterocycles. The number of amides is 3. The van der Waals surface area contributed by atoms with Crippen molar-refractivity contribution in [2.24, 2.45) is 0 Å². The lowest BCUT2D eigenvalue weighted by molar-refractivity contribution is -0.253. The van der Waals surface area contributed by atoms with E-state index in [-0.39, 0.29) is 50.9 Å². The highest BCUT2D eigenvalue weighted by atomic mass is 17.1. The Labute approximate surface area is 263 Å². The predicted molar refractivity (Wildman–Crippen MR) is 168 cm³/mol. The average Bonchev–Trinajstić information content (AvgIpc) is 3.04. The van der Waals surface area contributed by atoms with Crippen molar-refractivity contribution < 1.29 is 39.4 Å². The topological polar surface area (TPSA) is 155 Å². The third kappa shape index (κ3) is 12.7. The lowest BCUT2D eigenvalue weighted by Gasteiger charge is -2.24. The summed E-state index contributed by atoms with van der Waals surface area (Å²) >= 11 is 0. The molecule has 2 atom stereocenters. The van der Waals surface area contributed by atoms with E-state index in [1.54, 1.807) is 18.2 Å². The minimum absolute atomic E-state index is 0.0560. The lowest BCUT2D eigenvalue weighted by atomic mass is 10.0. The van der Waals surface area contributed by atoms with Crippen LogP contribution in [-0.2, 0) is 50.0 Å². The van der Waals surface area contributed by atoms with Gasteiger partial charge in [0.2, 0.25) is 17.7 Å². The maximum absolute atomic E-state index is 13.8. The van der Waals surface area contributed by atoms with E-state index in [9.17, 15) is 14.4 Å². The van der Waals surface area contributed by atoms with E-state index < -0.39 is 18.0 Å². The number of nitrogens with one attached hydrogen (secondary N) is 3. The smallest absolute Gasteiger partial charge is 0.243 e. The quantitative estimate of drug-likeness (QED) is 0.0724. The standard InChI is InChI=1S/C34H43N3O8/c1-2-3-10-17-35-33(39)29(22-27-15-16-31(43-18-19-44-41)28(20-27)24-45-42)37-34(40)30(21-25-11-6-4-7-12-25)36-32(38)23-26-13-8-5-9-14-26/h4-9,11-16,20,29-30,41-42H,2-3,10,17-19,21-24H2,1H3,(H,35,39)(H,36,38)(H,37,40). The first-order valence-electron chi connectivity index (χ1n) is 15.2. The molecule has 3 aromatic rings.